The third kappa shape index (κ3) is 3.23. The number of benzene rings is 1. The lowest BCUT2D eigenvalue weighted by molar-refractivity contribution is 0.0765. The van der Waals surface area contributed by atoms with Gasteiger partial charge in [-0.15, -0.1) is 0 Å². The Bertz CT molecular complexity index is 481. The Hall–Kier alpha value is -1.29. The maximum Gasteiger partial charge on any atom is 0.182 e. The van der Waals surface area contributed by atoms with Crippen LogP contribution in [0.4, 0.5) is 8.78 Å². The average molecular weight is 281 g/mol. The van der Waals surface area contributed by atoms with Crippen LogP contribution in [0.1, 0.15) is 43.5 Å². The minimum atomic E-state index is -0.773. The molecule has 1 heterocycles. The number of piperidine rings is 1. The molecule has 0 bridgehead atoms. The molecule has 2 rings (SSSR count). The highest BCUT2D eigenvalue weighted by molar-refractivity contribution is 6.00. The van der Waals surface area contributed by atoms with E-state index in [9.17, 15) is 13.6 Å². The second-order valence-electron chi connectivity index (χ2n) is 5.55. The smallest absolute Gasteiger partial charge is 0.182 e. The molecule has 1 saturated heterocycles. The summed E-state index contributed by atoms with van der Waals surface area (Å²) in [6.45, 7) is 5.72. The topological polar surface area (TPSA) is 20.3 Å². The predicted octanol–water partition coefficient (Wildman–Crippen LogP) is 3.66. The van der Waals surface area contributed by atoms with E-state index in [4.69, 9.17) is 0 Å². The lowest BCUT2D eigenvalue weighted by Gasteiger charge is -2.35. The van der Waals surface area contributed by atoms with Gasteiger partial charge in [0.25, 0.3) is 0 Å². The van der Waals surface area contributed by atoms with Crippen molar-refractivity contribution in [1.82, 2.24) is 4.90 Å². The molecule has 1 atom stereocenters. The zero-order valence-electron chi connectivity index (χ0n) is 12.0. The number of ketones is 1. The van der Waals surface area contributed by atoms with Gasteiger partial charge < -0.3 is 0 Å². The summed E-state index contributed by atoms with van der Waals surface area (Å²) in [5, 5.41) is 0. The van der Waals surface area contributed by atoms with E-state index in [1.165, 1.54) is 12.5 Å². The molecule has 0 spiro atoms. The van der Waals surface area contributed by atoms with Gasteiger partial charge in [-0.1, -0.05) is 13.3 Å². The molecule has 2 nitrogen and oxygen atoms in total. The molecule has 1 aliphatic heterocycles. The van der Waals surface area contributed by atoms with Crippen molar-refractivity contribution in [2.24, 2.45) is 5.92 Å². The van der Waals surface area contributed by atoms with Crippen molar-refractivity contribution in [3.63, 3.8) is 0 Å². The molecule has 1 unspecified atom stereocenters. The minimum absolute atomic E-state index is 0.0171. The van der Waals surface area contributed by atoms with Gasteiger partial charge in [0.05, 0.1) is 11.6 Å². The van der Waals surface area contributed by atoms with Crippen LogP contribution < -0.4 is 0 Å². The highest BCUT2D eigenvalue weighted by atomic mass is 19.1. The average Bonchev–Trinajstić information content (AvgIpc) is 2.46. The normalized spacial score (nSPS) is 19.0. The van der Waals surface area contributed by atoms with Gasteiger partial charge >= 0.3 is 0 Å². The van der Waals surface area contributed by atoms with Crippen LogP contribution in [0.2, 0.25) is 0 Å². The number of hydrogen-bond acceptors (Lipinski definition) is 2. The van der Waals surface area contributed by atoms with Crippen LogP contribution >= 0.6 is 0 Å². The van der Waals surface area contributed by atoms with Crippen molar-refractivity contribution >= 4 is 5.78 Å². The molecular formula is C16H21F2NO. The Morgan fingerprint density at radius 3 is 2.55 bits per heavy atom. The molecule has 1 aromatic carbocycles. The van der Waals surface area contributed by atoms with Gasteiger partial charge in [-0.25, -0.2) is 8.78 Å². The molecule has 20 heavy (non-hydrogen) atoms. The van der Waals surface area contributed by atoms with Gasteiger partial charge in [0, 0.05) is 6.07 Å². The van der Waals surface area contributed by atoms with Crippen molar-refractivity contribution in [3.05, 3.63) is 35.4 Å². The zero-order chi connectivity index (χ0) is 14.7. The molecule has 0 aromatic heterocycles. The standard InChI is InChI=1S/C16H21F2NO/c1-3-12-6-8-19(9-7-12)11(2)16(20)14-5-4-13(17)10-15(14)18/h4-5,10-12H,3,6-9H2,1-2H3. The Kier molecular flexibility index (Phi) is 4.86. The fourth-order valence-corrected chi connectivity index (χ4v) is 2.83. The highest BCUT2D eigenvalue weighted by Gasteiger charge is 2.27. The fourth-order valence-electron chi connectivity index (χ4n) is 2.83. The second kappa shape index (κ2) is 6.44. The van der Waals surface area contributed by atoms with E-state index in [1.54, 1.807) is 6.92 Å². The summed E-state index contributed by atoms with van der Waals surface area (Å²) in [6, 6.07) is 2.78. The minimum Gasteiger partial charge on any atom is -0.293 e. The maximum absolute atomic E-state index is 13.7. The third-order valence-corrected chi connectivity index (χ3v) is 4.35. The molecule has 1 fully saturated rings. The number of carbonyl (C=O) groups is 1. The molecule has 1 aromatic rings. The van der Waals surface area contributed by atoms with Gasteiger partial charge in [-0.05, 0) is 50.9 Å². The molecule has 0 aliphatic carbocycles. The summed E-state index contributed by atoms with van der Waals surface area (Å²) in [7, 11) is 0. The first kappa shape index (κ1) is 15.1. The molecule has 110 valence electrons. The summed E-state index contributed by atoms with van der Waals surface area (Å²) in [4.78, 5) is 14.4. The molecule has 0 saturated carbocycles. The van der Waals surface area contributed by atoms with Gasteiger partial charge in [0.1, 0.15) is 11.6 Å². The van der Waals surface area contributed by atoms with Crippen molar-refractivity contribution in [2.75, 3.05) is 13.1 Å². The van der Waals surface area contributed by atoms with Crippen molar-refractivity contribution < 1.29 is 13.6 Å². The van der Waals surface area contributed by atoms with E-state index >= 15 is 0 Å². The Labute approximate surface area is 118 Å². The first-order chi connectivity index (χ1) is 9.52. The Balaban J connectivity index is 2.05. The summed E-state index contributed by atoms with van der Waals surface area (Å²) >= 11 is 0. The summed E-state index contributed by atoms with van der Waals surface area (Å²) in [5.74, 6) is -0.964. The Morgan fingerprint density at radius 1 is 1.35 bits per heavy atom. The first-order valence-corrected chi connectivity index (χ1v) is 7.26. The van der Waals surface area contributed by atoms with Gasteiger partial charge in [0.2, 0.25) is 0 Å². The van der Waals surface area contributed by atoms with Crippen molar-refractivity contribution in [3.8, 4) is 0 Å². The quantitative estimate of drug-likeness (QED) is 0.785. The summed E-state index contributed by atoms with van der Waals surface area (Å²) < 4.78 is 26.6. The summed E-state index contributed by atoms with van der Waals surface area (Å²) in [5.41, 5.74) is -0.0171. The van der Waals surface area contributed by atoms with Gasteiger partial charge in [-0.3, -0.25) is 9.69 Å². The van der Waals surface area contributed by atoms with E-state index in [0.29, 0.717) is 0 Å². The SMILES string of the molecule is CCC1CCN(C(C)C(=O)c2ccc(F)cc2F)CC1. The van der Waals surface area contributed by atoms with Crippen molar-refractivity contribution in [2.45, 2.75) is 39.2 Å². The predicted molar refractivity (Wildman–Crippen MR) is 74.7 cm³/mol. The van der Waals surface area contributed by atoms with Crippen LogP contribution in [0.3, 0.4) is 0 Å². The maximum atomic E-state index is 13.7. The molecule has 0 amide bonds. The number of nitrogens with zero attached hydrogens (tertiary/aromatic N) is 1. The zero-order valence-corrected chi connectivity index (χ0v) is 12.0. The number of rotatable bonds is 4. The van der Waals surface area contributed by atoms with Crippen LogP contribution in [0.5, 0.6) is 0 Å². The van der Waals surface area contributed by atoms with E-state index in [0.717, 1.165) is 44.0 Å². The monoisotopic (exact) mass is 281 g/mol. The highest BCUT2D eigenvalue weighted by Crippen LogP contribution is 2.23. The lowest BCUT2D eigenvalue weighted by Crippen LogP contribution is -2.44. The largest absolute Gasteiger partial charge is 0.293 e. The van der Waals surface area contributed by atoms with E-state index in [2.05, 4.69) is 11.8 Å². The molecule has 0 N–H and O–H groups in total. The van der Waals surface area contributed by atoms with E-state index < -0.39 is 11.6 Å². The van der Waals surface area contributed by atoms with Crippen LogP contribution in [-0.2, 0) is 0 Å². The fraction of sp³-hybridized carbons (Fsp3) is 0.562. The number of halogens is 2. The van der Waals surface area contributed by atoms with Crippen LogP contribution in [0.25, 0.3) is 0 Å². The number of Topliss-reactive ketones (excluding diaryl/α,β-unsaturated/α-hetero) is 1. The van der Waals surface area contributed by atoms with Crippen LogP contribution in [-0.4, -0.2) is 29.8 Å². The first-order valence-electron chi connectivity index (χ1n) is 7.26. The third-order valence-electron chi connectivity index (χ3n) is 4.35. The van der Waals surface area contributed by atoms with Gasteiger partial charge in [-0.2, -0.15) is 0 Å². The van der Waals surface area contributed by atoms with E-state index in [1.807, 2.05) is 0 Å². The molecular weight excluding hydrogens is 260 g/mol. The van der Waals surface area contributed by atoms with Crippen LogP contribution in [0.15, 0.2) is 18.2 Å². The molecule has 0 radical (unpaired) electrons. The van der Waals surface area contributed by atoms with E-state index in [-0.39, 0.29) is 17.4 Å². The lowest BCUT2D eigenvalue weighted by atomic mass is 9.92. The number of hydrogen-bond donors (Lipinski definition) is 0. The molecule has 1 aliphatic rings. The second-order valence-corrected chi connectivity index (χ2v) is 5.55. The summed E-state index contributed by atoms with van der Waals surface area (Å²) in [6.07, 6.45) is 3.34. The Morgan fingerprint density at radius 2 is 2.00 bits per heavy atom. The van der Waals surface area contributed by atoms with Crippen LogP contribution in [0, 0.1) is 17.6 Å². The number of carbonyl (C=O) groups excluding carboxylic acids is 1. The van der Waals surface area contributed by atoms with Crippen molar-refractivity contribution in [1.29, 1.82) is 0 Å². The number of likely N-dealkylation sites (tertiary alicyclic amines) is 1. The van der Waals surface area contributed by atoms with Gasteiger partial charge in [0.15, 0.2) is 5.78 Å². The molecule has 4 heteroatoms.